The van der Waals surface area contributed by atoms with Crippen LogP contribution in [-0.4, -0.2) is 40.7 Å². The molecule has 0 fully saturated rings. The standard InChI is InChI=1S/2C12H25.2C6H5.2Mg/c2*1-3-5-7-9-11-12-10-8-6-4-2;2*1-2-4-6-5-3-1;;/h2*1,3-12H2,2H3;2*1-5H;;. The maximum atomic E-state index is 2.31. The van der Waals surface area contributed by atoms with Gasteiger partial charge in [0.15, 0.2) is 0 Å². The summed E-state index contributed by atoms with van der Waals surface area (Å²) in [4.78, 5) is 0. The Morgan fingerprint density at radius 3 is 0.974 bits per heavy atom. The molecular formula is C36H60Mg2. The highest BCUT2D eigenvalue weighted by Crippen LogP contribution is 2.13. The van der Waals surface area contributed by atoms with E-state index in [0.29, 0.717) is 20.4 Å². The summed E-state index contributed by atoms with van der Waals surface area (Å²) in [6.07, 6.45) is 29.8. The van der Waals surface area contributed by atoms with Crippen molar-refractivity contribution in [3.63, 3.8) is 0 Å². The van der Waals surface area contributed by atoms with E-state index >= 15 is 0 Å². The number of benzene rings is 2. The Balaban J connectivity index is 0.000000457. The predicted molar refractivity (Wildman–Crippen MR) is 177 cm³/mol. The van der Waals surface area contributed by atoms with Gasteiger partial charge in [0, 0.05) is 0 Å². The fourth-order valence-corrected chi connectivity index (χ4v) is 8.54. The summed E-state index contributed by atoms with van der Waals surface area (Å²) < 4.78 is 6.28. The molecule has 0 aliphatic heterocycles. The minimum Gasteiger partial charge on any atom is -0.165 e. The maximum absolute atomic E-state index is 2.31. The lowest BCUT2D eigenvalue weighted by Gasteiger charge is -2.03. The smallest absolute Gasteiger partial charge is 0.165 e. The van der Waals surface area contributed by atoms with E-state index in [9.17, 15) is 0 Å². The van der Waals surface area contributed by atoms with E-state index in [2.05, 4.69) is 74.5 Å². The van der Waals surface area contributed by atoms with Gasteiger partial charge in [-0.15, -0.1) is 9.10 Å². The van der Waals surface area contributed by atoms with Crippen LogP contribution < -0.4 is 7.39 Å². The van der Waals surface area contributed by atoms with Crippen LogP contribution in [0.5, 0.6) is 0 Å². The number of hydrogen-bond donors (Lipinski definition) is 0. The molecule has 2 rings (SSSR count). The van der Waals surface area contributed by atoms with Crippen LogP contribution in [0.4, 0.5) is 0 Å². The summed E-state index contributed by atoms with van der Waals surface area (Å²) in [6, 6.07) is 21.5. The summed E-state index contributed by atoms with van der Waals surface area (Å²) >= 11 is 0.0701. The molecule has 0 saturated heterocycles. The lowest BCUT2D eigenvalue weighted by atomic mass is 10.1. The first-order valence-electron chi connectivity index (χ1n) is 16.9. The van der Waals surface area contributed by atoms with Crippen LogP contribution >= 0.6 is 0 Å². The second kappa shape index (κ2) is 29.9. The van der Waals surface area contributed by atoms with Gasteiger partial charge >= 0.3 is 40.7 Å². The summed E-state index contributed by atoms with van der Waals surface area (Å²) in [5.74, 6) is 0. The Morgan fingerprint density at radius 1 is 0.368 bits per heavy atom. The van der Waals surface area contributed by atoms with Gasteiger partial charge in [0.05, 0.1) is 0 Å². The molecule has 0 aliphatic carbocycles. The molecule has 38 heavy (non-hydrogen) atoms. The van der Waals surface area contributed by atoms with E-state index in [0.717, 1.165) is 0 Å². The van der Waals surface area contributed by atoms with Crippen LogP contribution in [0.2, 0.25) is 9.10 Å². The first-order chi connectivity index (χ1) is 18.9. The lowest BCUT2D eigenvalue weighted by molar-refractivity contribution is 0.560. The van der Waals surface area contributed by atoms with Gasteiger partial charge in [-0.25, -0.2) is 0 Å². The molecule has 0 atom stereocenters. The normalized spacial score (nSPS) is 10.4. The van der Waals surface area contributed by atoms with Gasteiger partial charge in [0.25, 0.3) is 0 Å². The van der Waals surface area contributed by atoms with E-state index < -0.39 is 0 Å². The minimum atomic E-state index is -0.234. The SMILES string of the molecule is CCCCCCCCCCC[CH2][Mg][CH2]CCCCCCCCCCC.c1cc[c]([Mg][c]2ccccc2)cc1. The highest BCUT2D eigenvalue weighted by Gasteiger charge is 2.00. The zero-order valence-electron chi connectivity index (χ0n) is 25.7. The summed E-state index contributed by atoms with van der Waals surface area (Å²) in [5.41, 5.74) is 0. The van der Waals surface area contributed by atoms with Crippen molar-refractivity contribution in [3.05, 3.63) is 60.7 Å². The van der Waals surface area contributed by atoms with E-state index in [1.807, 2.05) is 0 Å². The van der Waals surface area contributed by atoms with Gasteiger partial charge in [-0.3, -0.25) is 0 Å². The molecule has 208 valence electrons. The molecule has 0 aromatic heterocycles. The van der Waals surface area contributed by atoms with Crippen LogP contribution in [0, 0.1) is 0 Å². The Bertz CT molecular complexity index is 626. The van der Waals surface area contributed by atoms with Gasteiger partial charge in [0.1, 0.15) is 0 Å². The molecule has 0 aliphatic rings. The molecule has 0 saturated carbocycles. The first-order valence-corrected chi connectivity index (χ1v) is 20.4. The highest BCUT2D eigenvalue weighted by atomic mass is 24.5. The maximum Gasteiger partial charge on any atom is 0.450 e. The Labute approximate surface area is 258 Å². The topological polar surface area (TPSA) is 0 Å². The van der Waals surface area contributed by atoms with E-state index in [1.165, 1.54) is 123 Å². The van der Waals surface area contributed by atoms with Crippen molar-refractivity contribution in [3.8, 4) is 0 Å². The van der Waals surface area contributed by atoms with Crippen molar-refractivity contribution >= 4 is 48.1 Å². The molecule has 0 heterocycles. The lowest BCUT2D eigenvalue weighted by Crippen LogP contribution is -2.26. The molecule has 0 unspecified atom stereocenters. The zero-order chi connectivity index (χ0) is 27.2. The van der Waals surface area contributed by atoms with Gasteiger partial charge in [-0.2, -0.15) is 7.39 Å². The molecule has 0 bridgehead atoms. The molecule has 0 radical (unpaired) electrons. The molecule has 2 heteroatoms. The molecule has 0 nitrogen and oxygen atoms in total. The van der Waals surface area contributed by atoms with Gasteiger partial charge in [-0.05, 0) is 0 Å². The van der Waals surface area contributed by atoms with Crippen molar-refractivity contribution in [1.29, 1.82) is 0 Å². The number of hydrogen-bond acceptors (Lipinski definition) is 0. The third-order valence-electron chi connectivity index (χ3n) is 7.80. The average molecular weight is 541 g/mol. The summed E-state index contributed by atoms with van der Waals surface area (Å²) in [6.45, 7) is 4.61. The monoisotopic (exact) mass is 540 g/mol. The number of rotatable bonds is 24. The zero-order valence-corrected chi connectivity index (χ0v) is 28.6. The Morgan fingerprint density at radius 2 is 0.658 bits per heavy atom. The van der Waals surface area contributed by atoms with Crippen molar-refractivity contribution in [2.45, 2.75) is 151 Å². The van der Waals surface area contributed by atoms with E-state index in [4.69, 9.17) is 0 Å². The average Bonchev–Trinajstić information content (AvgIpc) is 2.95. The molecule has 2 aromatic rings. The van der Waals surface area contributed by atoms with Crippen LogP contribution in [-0.2, 0) is 0 Å². The summed E-state index contributed by atoms with van der Waals surface area (Å²) in [7, 11) is 0. The van der Waals surface area contributed by atoms with Gasteiger partial charge in [-0.1, -0.05) is 203 Å². The fourth-order valence-electron chi connectivity index (χ4n) is 5.29. The quantitative estimate of drug-likeness (QED) is 0.0916. The van der Waals surface area contributed by atoms with Gasteiger partial charge in [0.2, 0.25) is 0 Å². The molecule has 0 amide bonds. The molecular weight excluding hydrogens is 481 g/mol. The largest absolute Gasteiger partial charge is 0.450 e. The van der Waals surface area contributed by atoms with Crippen molar-refractivity contribution < 1.29 is 0 Å². The predicted octanol–water partition coefficient (Wildman–Crippen LogP) is 10.7. The molecule has 0 spiro atoms. The Hall–Kier alpha value is -0.0275. The first kappa shape index (κ1) is 36.0. The molecule has 2 aromatic carbocycles. The van der Waals surface area contributed by atoms with E-state index in [-0.39, 0.29) is 20.4 Å². The minimum absolute atomic E-state index is 0.234. The Kier molecular flexibility index (Phi) is 28.4. The van der Waals surface area contributed by atoms with Crippen molar-refractivity contribution in [2.24, 2.45) is 0 Å². The van der Waals surface area contributed by atoms with Gasteiger partial charge < -0.3 is 0 Å². The summed E-state index contributed by atoms with van der Waals surface area (Å²) in [5, 5.41) is 0. The van der Waals surface area contributed by atoms with Crippen LogP contribution in [0.15, 0.2) is 60.7 Å². The highest BCUT2D eigenvalue weighted by molar-refractivity contribution is 6.67. The van der Waals surface area contributed by atoms with Crippen molar-refractivity contribution in [1.82, 2.24) is 0 Å². The van der Waals surface area contributed by atoms with Crippen LogP contribution in [0.3, 0.4) is 0 Å². The van der Waals surface area contributed by atoms with E-state index in [1.54, 1.807) is 21.9 Å². The molecule has 0 N–H and O–H groups in total. The fraction of sp³-hybridized carbons (Fsp3) is 0.667. The second-order valence-corrected chi connectivity index (χ2v) is 15.7. The van der Waals surface area contributed by atoms with Crippen LogP contribution in [0.25, 0.3) is 0 Å². The van der Waals surface area contributed by atoms with Crippen LogP contribution in [0.1, 0.15) is 142 Å². The third-order valence-corrected chi connectivity index (χ3v) is 11.6. The second-order valence-electron chi connectivity index (χ2n) is 11.6. The number of unbranched alkanes of at least 4 members (excludes halogenated alkanes) is 18. The third kappa shape index (κ3) is 25.0. The van der Waals surface area contributed by atoms with Crippen molar-refractivity contribution in [2.75, 3.05) is 0 Å².